The minimum atomic E-state index is 0.586. The average Bonchev–Trinajstić information content (AvgIpc) is 3.00. The maximum atomic E-state index is 4.59. The van der Waals surface area contributed by atoms with Gasteiger partial charge in [0.1, 0.15) is 0 Å². The zero-order chi connectivity index (χ0) is 12.4. The molecule has 2 aromatic rings. The van der Waals surface area contributed by atoms with Crippen LogP contribution in [0.1, 0.15) is 18.2 Å². The Morgan fingerprint density at radius 1 is 1.33 bits per heavy atom. The summed E-state index contributed by atoms with van der Waals surface area (Å²) in [5.74, 6) is 3.41. The van der Waals surface area contributed by atoms with Crippen LogP contribution in [0, 0.1) is 6.92 Å². The van der Waals surface area contributed by atoms with E-state index >= 15 is 0 Å². The molecular formula is C14H17N3S. The fourth-order valence-corrected chi connectivity index (χ4v) is 3.48. The number of hydrogen-bond donors (Lipinski definition) is 1. The highest BCUT2D eigenvalue weighted by molar-refractivity contribution is 7.99. The fraction of sp³-hybridized carbons (Fsp3) is 0.357. The lowest BCUT2D eigenvalue weighted by Gasteiger charge is -2.15. The summed E-state index contributed by atoms with van der Waals surface area (Å²) in [6, 6.07) is 10.8. The molecule has 1 atom stereocenters. The Bertz CT molecular complexity index is 515. The number of nitrogens with one attached hydrogen (secondary N) is 1. The molecule has 1 fully saturated rings. The van der Waals surface area contributed by atoms with Crippen molar-refractivity contribution < 1.29 is 0 Å². The van der Waals surface area contributed by atoms with E-state index in [-0.39, 0.29) is 0 Å². The molecule has 1 aromatic carbocycles. The summed E-state index contributed by atoms with van der Waals surface area (Å²) in [4.78, 5) is 4.59. The molecule has 0 aliphatic carbocycles. The Morgan fingerprint density at radius 3 is 2.89 bits per heavy atom. The van der Waals surface area contributed by atoms with Crippen molar-refractivity contribution in [2.45, 2.75) is 19.4 Å². The normalized spacial score (nSPS) is 19.1. The largest absolute Gasteiger partial charge is 0.326 e. The van der Waals surface area contributed by atoms with Gasteiger partial charge < -0.3 is 9.88 Å². The van der Waals surface area contributed by atoms with Gasteiger partial charge in [-0.25, -0.2) is 4.98 Å². The molecule has 0 saturated carbocycles. The van der Waals surface area contributed by atoms with Gasteiger partial charge in [-0.15, -0.1) is 0 Å². The smallest absolute Gasteiger partial charge is 0.207 e. The van der Waals surface area contributed by atoms with Crippen LogP contribution in [-0.2, 0) is 0 Å². The minimum Gasteiger partial charge on any atom is -0.326 e. The third kappa shape index (κ3) is 2.38. The molecule has 0 spiro atoms. The highest BCUT2D eigenvalue weighted by Gasteiger charge is 2.20. The van der Waals surface area contributed by atoms with Crippen molar-refractivity contribution >= 4 is 23.4 Å². The Kier molecular flexibility index (Phi) is 3.28. The Hall–Kier alpha value is -1.42. The van der Waals surface area contributed by atoms with Crippen molar-refractivity contribution in [1.29, 1.82) is 0 Å². The van der Waals surface area contributed by atoms with Crippen LogP contribution in [0.3, 0.4) is 0 Å². The molecule has 3 nitrogen and oxygen atoms in total. The topological polar surface area (TPSA) is 29.9 Å². The van der Waals surface area contributed by atoms with E-state index in [1.54, 1.807) is 0 Å². The quantitative estimate of drug-likeness (QED) is 0.913. The summed E-state index contributed by atoms with van der Waals surface area (Å²) in [7, 11) is 0. The summed E-state index contributed by atoms with van der Waals surface area (Å²) in [5, 5.41) is 3.41. The second-order valence-electron chi connectivity index (χ2n) is 4.62. The molecule has 94 valence electrons. The van der Waals surface area contributed by atoms with Gasteiger partial charge in [0.2, 0.25) is 5.95 Å². The number of rotatable bonds is 3. The molecule has 2 heterocycles. The van der Waals surface area contributed by atoms with Gasteiger partial charge >= 0.3 is 0 Å². The van der Waals surface area contributed by atoms with Gasteiger partial charge in [-0.1, -0.05) is 18.2 Å². The molecule has 1 aliphatic rings. The zero-order valence-corrected chi connectivity index (χ0v) is 11.3. The second-order valence-corrected chi connectivity index (χ2v) is 5.77. The highest BCUT2D eigenvalue weighted by Crippen LogP contribution is 2.31. The SMILES string of the molecule is Cc1cn(C2CCSC2)c(Nc2ccccc2)n1. The number of para-hydroxylation sites is 1. The first-order valence-electron chi connectivity index (χ1n) is 6.28. The molecule has 4 heteroatoms. The van der Waals surface area contributed by atoms with Crippen molar-refractivity contribution in [1.82, 2.24) is 9.55 Å². The lowest BCUT2D eigenvalue weighted by atomic mass is 10.2. The van der Waals surface area contributed by atoms with Gasteiger partial charge in [0.05, 0.1) is 5.69 Å². The standard InChI is InChI=1S/C14H17N3S/c1-11-9-17(13-7-8-18-10-13)14(15-11)16-12-5-3-2-4-6-12/h2-6,9,13H,7-8,10H2,1H3,(H,15,16). The number of nitrogens with zero attached hydrogens (tertiary/aromatic N) is 2. The summed E-state index contributed by atoms with van der Waals surface area (Å²) in [6.07, 6.45) is 3.39. The zero-order valence-electron chi connectivity index (χ0n) is 10.5. The van der Waals surface area contributed by atoms with Gasteiger partial charge in [0.15, 0.2) is 0 Å². The number of anilines is 2. The van der Waals surface area contributed by atoms with Gasteiger partial charge in [0, 0.05) is 23.7 Å². The number of aromatic nitrogens is 2. The van der Waals surface area contributed by atoms with Crippen molar-refractivity contribution in [3.63, 3.8) is 0 Å². The predicted octanol–water partition coefficient (Wildman–Crippen LogP) is 3.61. The van der Waals surface area contributed by atoms with Crippen molar-refractivity contribution in [2.24, 2.45) is 0 Å². The van der Waals surface area contributed by atoms with Gasteiger partial charge in [-0.3, -0.25) is 0 Å². The molecule has 1 N–H and O–H groups in total. The molecule has 1 aromatic heterocycles. The molecule has 1 aliphatic heterocycles. The Balaban J connectivity index is 1.87. The van der Waals surface area contributed by atoms with E-state index in [9.17, 15) is 0 Å². The van der Waals surface area contributed by atoms with Crippen LogP contribution in [0.5, 0.6) is 0 Å². The highest BCUT2D eigenvalue weighted by atomic mass is 32.2. The molecule has 1 saturated heterocycles. The number of thioether (sulfide) groups is 1. The first kappa shape index (κ1) is 11.7. The van der Waals surface area contributed by atoms with Crippen LogP contribution in [0.15, 0.2) is 36.5 Å². The second kappa shape index (κ2) is 5.06. The van der Waals surface area contributed by atoms with Crippen molar-refractivity contribution in [3.8, 4) is 0 Å². The maximum absolute atomic E-state index is 4.59. The monoisotopic (exact) mass is 259 g/mol. The summed E-state index contributed by atoms with van der Waals surface area (Å²) >= 11 is 2.02. The number of benzene rings is 1. The predicted molar refractivity (Wildman–Crippen MR) is 77.7 cm³/mol. The number of hydrogen-bond acceptors (Lipinski definition) is 3. The summed E-state index contributed by atoms with van der Waals surface area (Å²) in [5.41, 5.74) is 2.17. The van der Waals surface area contributed by atoms with Crippen molar-refractivity contribution in [2.75, 3.05) is 16.8 Å². The number of aryl methyl sites for hydroxylation is 1. The lowest BCUT2D eigenvalue weighted by Crippen LogP contribution is -2.10. The summed E-state index contributed by atoms with van der Waals surface area (Å²) < 4.78 is 2.29. The molecule has 0 radical (unpaired) electrons. The van der Waals surface area contributed by atoms with E-state index in [0.717, 1.165) is 17.3 Å². The first-order chi connectivity index (χ1) is 8.83. The fourth-order valence-electron chi connectivity index (χ4n) is 2.28. The van der Waals surface area contributed by atoms with Crippen LogP contribution in [0.4, 0.5) is 11.6 Å². The van der Waals surface area contributed by atoms with E-state index in [1.807, 2.05) is 30.0 Å². The molecule has 18 heavy (non-hydrogen) atoms. The van der Waals surface area contributed by atoms with E-state index in [1.165, 1.54) is 17.9 Å². The third-order valence-electron chi connectivity index (χ3n) is 3.18. The summed E-state index contributed by atoms with van der Waals surface area (Å²) in [6.45, 7) is 2.05. The molecule has 1 unspecified atom stereocenters. The van der Waals surface area contributed by atoms with Crippen LogP contribution in [0.25, 0.3) is 0 Å². The van der Waals surface area contributed by atoms with Crippen LogP contribution >= 0.6 is 11.8 Å². The van der Waals surface area contributed by atoms with Crippen LogP contribution < -0.4 is 5.32 Å². The van der Waals surface area contributed by atoms with Gasteiger partial charge in [-0.05, 0) is 31.2 Å². The molecule has 0 bridgehead atoms. The van der Waals surface area contributed by atoms with E-state index in [2.05, 4.69) is 40.1 Å². The molecular weight excluding hydrogens is 242 g/mol. The maximum Gasteiger partial charge on any atom is 0.207 e. The Morgan fingerprint density at radius 2 is 2.17 bits per heavy atom. The minimum absolute atomic E-state index is 0.586. The van der Waals surface area contributed by atoms with E-state index in [4.69, 9.17) is 0 Å². The van der Waals surface area contributed by atoms with Gasteiger partial charge in [0.25, 0.3) is 0 Å². The van der Waals surface area contributed by atoms with E-state index < -0.39 is 0 Å². The molecule has 3 rings (SSSR count). The number of imidazole rings is 1. The average molecular weight is 259 g/mol. The third-order valence-corrected chi connectivity index (χ3v) is 4.33. The van der Waals surface area contributed by atoms with E-state index in [0.29, 0.717) is 6.04 Å². The Labute approximate surface area is 112 Å². The van der Waals surface area contributed by atoms with Gasteiger partial charge in [-0.2, -0.15) is 11.8 Å². The van der Waals surface area contributed by atoms with Crippen LogP contribution in [-0.4, -0.2) is 21.1 Å². The van der Waals surface area contributed by atoms with Crippen molar-refractivity contribution in [3.05, 3.63) is 42.2 Å². The first-order valence-corrected chi connectivity index (χ1v) is 7.44. The lowest BCUT2D eigenvalue weighted by molar-refractivity contribution is 0.566. The van der Waals surface area contributed by atoms with Crippen LogP contribution in [0.2, 0.25) is 0 Å². The molecule has 0 amide bonds.